The molecule has 12 heavy (non-hydrogen) atoms. The molecule has 0 spiro atoms. The Hall–Kier alpha value is -0.610. The van der Waals surface area contributed by atoms with Crippen LogP contribution in [0.5, 0.6) is 0 Å². The monoisotopic (exact) mass is 171 g/mol. The second-order valence-electron chi connectivity index (χ2n) is 3.30. The number of amides is 1. The Morgan fingerprint density at radius 2 is 2.17 bits per heavy atom. The molecule has 1 heterocycles. The summed E-state index contributed by atoms with van der Waals surface area (Å²) >= 11 is 0. The summed E-state index contributed by atoms with van der Waals surface area (Å²) in [5.74, 6) is 5.64. The van der Waals surface area contributed by atoms with E-state index < -0.39 is 0 Å². The molecule has 1 aliphatic heterocycles. The third kappa shape index (κ3) is 3.19. The minimum Gasteiger partial charge on any atom is -0.317 e. The van der Waals surface area contributed by atoms with Crippen molar-refractivity contribution < 1.29 is 4.79 Å². The van der Waals surface area contributed by atoms with Crippen molar-refractivity contribution in [1.82, 2.24) is 10.7 Å². The van der Waals surface area contributed by atoms with Crippen molar-refractivity contribution in [2.45, 2.75) is 25.7 Å². The van der Waals surface area contributed by atoms with Crippen molar-refractivity contribution in [3.8, 4) is 0 Å². The zero-order valence-corrected chi connectivity index (χ0v) is 7.31. The Bertz CT molecular complexity index is 143. The molecule has 0 unspecified atom stereocenters. The van der Waals surface area contributed by atoms with Gasteiger partial charge in [-0.3, -0.25) is 10.2 Å². The zero-order chi connectivity index (χ0) is 8.81. The maximum atomic E-state index is 10.8. The van der Waals surface area contributed by atoms with Crippen molar-refractivity contribution in [2.75, 3.05) is 13.1 Å². The van der Waals surface area contributed by atoms with Crippen molar-refractivity contribution in [3.05, 3.63) is 0 Å². The zero-order valence-electron chi connectivity index (χ0n) is 7.31. The van der Waals surface area contributed by atoms with E-state index in [1.165, 1.54) is 12.8 Å². The summed E-state index contributed by atoms with van der Waals surface area (Å²) in [5.41, 5.74) is 2.15. The van der Waals surface area contributed by atoms with Crippen LogP contribution in [-0.2, 0) is 4.79 Å². The van der Waals surface area contributed by atoms with Crippen LogP contribution in [0.4, 0.5) is 0 Å². The molecule has 4 nitrogen and oxygen atoms in total. The molecule has 1 rings (SSSR count). The lowest BCUT2D eigenvalue weighted by Crippen LogP contribution is -2.32. The van der Waals surface area contributed by atoms with E-state index in [1.807, 2.05) is 0 Å². The Morgan fingerprint density at radius 1 is 1.50 bits per heavy atom. The van der Waals surface area contributed by atoms with Gasteiger partial charge in [0.1, 0.15) is 0 Å². The summed E-state index contributed by atoms with van der Waals surface area (Å²) < 4.78 is 0. The highest BCUT2D eigenvalue weighted by atomic mass is 16.2. The Kier molecular flexibility index (Phi) is 4.04. The topological polar surface area (TPSA) is 67.1 Å². The predicted octanol–water partition coefficient (Wildman–Crippen LogP) is -0.244. The summed E-state index contributed by atoms with van der Waals surface area (Å²) in [6.07, 6.45) is 3.93. The first-order valence-electron chi connectivity index (χ1n) is 4.53. The Morgan fingerprint density at radius 3 is 2.75 bits per heavy atom. The molecule has 70 valence electrons. The summed E-state index contributed by atoms with van der Waals surface area (Å²) in [4.78, 5) is 10.8. The van der Waals surface area contributed by atoms with Gasteiger partial charge < -0.3 is 5.32 Å². The molecule has 0 bridgehead atoms. The van der Waals surface area contributed by atoms with Crippen LogP contribution in [0.1, 0.15) is 25.7 Å². The lowest BCUT2D eigenvalue weighted by molar-refractivity contribution is -0.121. The number of carbonyl (C=O) groups excluding carboxylic acids is 1. The van der Waals surface area contributed by atoms with Crippen LogP contribution in [-0.4, -0.2) is 19.0 Å². The number of piperidine rings is 1. The maximum Gasteiger partial charge on any atom is 0.233 e. The lowest BCUT2D eigenvalue weighted by Gasteiger charge is -2.21. The molecule has 4 heteroatoms. The van der Waals surface area contributed by atoms with Gasteiger partial charge in [-0.2, -0.15) is 0 Å². The van der Waals surface area contributed by atoms with E-state index in [9.17, 15) is 4.79 Å². The number of hydrogen-bond donors (Lipinski definition) is 3. The van der Waals surface area contributed by atoms with E-state index >= 15 is 0 Å². The fourth-order valence-corrected chi connectivity index (χ4v) is 1.58. The number of carbonyl (C=O) groups is 1. The second kappa shape index (κ2) is 5.11. The fraction of sp³-hybridized carbons (Fsp3) is 0.875. The number of nitrogens with one attached hydrogen (secondary N) is 2. The van der Waals surface area contributed by atoms with Crippen LogP contribution in [0.2, 0.25) is 0 Å². The van der Waals surface area contributed by atoms with E-state index in [-0.39, 0.29) is 5.91 Å². The van der Waals surface area contributed by atoms with Crippen LogP contribution in [0.3, 0.4) is 0 Å². The van der Waals surface area contributed by atoms with Crippen LogP contribution < -0.4 is 16.6 Å². The molecule has 0 saturated carbocycles. The highest BCUT2D eigenvalue weighted by Crippen LogP contribution is 2.17. The Labute approximate surface area is 72.9 Å². The van der Waals surface area contributed by atoms with Gasteiger partial charge in [0.15, 0.2) is 0 Å². The summed E-state index contributed by atoms with van der Waals surface area (Å²) in [6, 6.07) is 0. The van der Waals surface area contributed by atoms with Gasteiger partial charge >= 0.3 is 0 Å². The van der Waals surface area contributed by atoms with E-state index in [0.717, 1.165) is 19.5 Å². The largest absolute Gasteiger partial charge is 0.317 e. The summed E-state index contributed by atoms with van der Waals surface area (Å²) in [5, 5.41) is 3.29. The van der Waals surface area contributed by atoms with Crippen LogP contribution in [0.15, 0.2) is 0 Å². The SMILES string of the molecule is NNC(=O)CCC1CCNCC1. The normalized spacial score (nSPS) is 19.1. The Balaban J connectivity index is 2.09. The third-order valence-corrected chi connectivity index (χ3v) is 2.40. The molecule has 1 aliphatic rings. The summed E-state index contributed by atoms with van der Waals surface area (Å²) in [7, 11) is 0. The fourth-order valence-electron chi connectivity index (χ4n) is 1.58. The minimum atomic E-state index is -0.0477. The first-order valence-corrected chi connectivity index (χ1v) is 4.53. The average Bonchev–Trinajstić information content (AvgIpc) is 2.16. The third-order valence-electron chi connectivity index (χ3n) is 2.40. The predicted molar refractivity (Wildman–Crippen MR) is 47.2 cm³/mol. The van der Waals surface area contributed by atoms with Crippen molar-refractivity contribution in [1.29, 1.82) is 0 Å². The first-order chi connectivity index (χ1) is 5.83. The smallest absolute Gasteiger partial charge is 0.233 e. The highest BCUT2D eigenvalue weighted by Gasteiger charge is 2.13. The van der Waals surface area contributed by atoms with Gasteiger partial charge in [-0.15, -0.1) is 0 Å². The van der Waals surface area contributed by atoms with Crippen molar-refractivity contribution in [3.63, 3.8) is 0 Å². The van der Waals surface area contributed by atoms with Gasteiger partial charge in [-0.05, 0) is 38.3 Å². The van der Waals surface area contributed by atoms with Crippen LogP contribution in [0.25, 0.3) is 0 Å². The van der Waals surface area contributed by atoms with E-state index in [4.69, 9.17) is 5.84 Å². The molecule has 1 saturated heterocycles. The summed E-state index contributed by atoms with van der Waals surface area (Å²) in [6.45, 7) is 2.18. The van der Waals surface area contributed by atoms with Gasteiger partial charge in [-0.1, -0.05) is 0 Å². The first kappa shape index (κ1) is 9.48. The van der Waals surface area contributed by atoms with Crippen molar-refractivity contribution in [2.24, 2.45) is 11.8 Å². The lowest BCUT2D eigenvalue weighted by atomic mass is 9.93. The van der Waals surface area contributed by atoms with E-state index in [1.54, 1.807) is 0 Å². The quantitative estimate of drug-likeness (QED) is 0.312. The van der Waals surface area contributed by atoms with Crippen LogP contribution in [0, 0.1) is 5.92 Å². The molecule has 0 aliphatic carbocycles. The molecule has 0 atom stereocenters. The standard InChI is InChI=1S/C8H17N3O/c9-11-8(12)2-1-7-3-5-10-6-4-7/h7,10H,1-6,9H2,(H,11,12). The average molecular weight is 171 g/mol. The van der Waals surface area contributed by atoms with Gasteiger partial charge in [0.05, 0.1) is 0 Å². The van der Waals surface area contributed by atoms with Gasteiger partial charge in [0.25, 0.3) is 0 Å². The molecule has 1 fully saturated rings. The molecule has 1 amide bonds. The van der Waals surface area contributed by atoms with Crippen LogP contribution >= 0.6 is 0 Å². The molecule has 0 aromatic rings. The molecular formula is C8H17N3O. The van der Waals surface area contributed by atoms with E-state index in [0.29, 0.717) is 12.3 Å². The molecule has 4 N–H and O–H groups in total. The highest BCUT2D eigenvalue weighted by molar-refractivity contribution is 5.75. The minimum absolute atomic E-state index is 0.0477. The second-order valence-corrected chi connectivity index (χ2v) is 3.30. The molecule has 0 aromatic carbocycles. The number of rotatable bonds is 3. The molecule has 0 radical (unpaired) electrons. The van der Waals surface area contributed by atoms with Crippen molar-refractivity contribution >= 4 is 5.91 Å². The number of hydrogen-bond acceptors (Lipinski definition) is 3. The maximum absolute atomic E-state index is 10.8. The van der Waals surface area contributed by atoms with Gasteiger partial charge in [0.2, 0.25) is 5.91 Å². The number of hydrazine groups is 1. The molecule has 0 aromatic heterocycles. The van der Waals surface area contributed by atoms with E-state index in [2.05, 4.69) is 10.7 Å². The van der Waals surface area contributed by atoms with Gasteiger partial charge in [0, 0.05) is 6.42 Å². The van der Waals surface area contributed by atoms with Gasteiger partial charge in [-0.25, -0.2) is 5.84 Å². The molecular weight excluding hydrogens is 154 g/mol. The number of nitrogens with two attached hydrogens (primary N) is 1.